The van der Waals surface area contributed by atoms with Crippen molar-refractivity contribution < 1.29 is 19.0 Å². The lowest BCUT2D eigenvalue weighted by Gasteiger charge is -2.10. The van der Waals surface area contributed by atoms with E-state index in [1.165, 1.54) is 5.56 Å². The minimum Gasteiger partial charge on any atom is -0.497 e. The van der Waals surface area contributed by atoms with Gasteiger partial charge in [-0.15, -0.1) is 0 Å². The van der Waals surface area contributed by atoms with E-state index in [1.807, 2.05) is 12.1 Å². The zero-order valence-electron chi connectivity index (χ0n) is 15.0. The third-order valence-corrected chi connectivity index (χ3v) is 3.98. The van der Waals surface area contributed by atoms with Crippen LogP contribution in [0.1, 0.15) is 28.8 Å². The Hall–Kier alpha value is -2.69. The summed E-state index contributed by atoms with van der Waals surface area (Å²) in [5.74, 6) is 1.92. The molecule has 0 spiro atoms. The second-order valence-corrected chi connectivity index (χ2v) is 5.63. The molecular weight excluding hydrogens is 318 g/mol. The van der Waals surface area contributed by atoms with E-state index in [4.69, 9.17) is 14.2 Å². The molecule has 1 amide bonds. The number of ether oxygens (including phenoxy) is 3. The number of hydrogen-bond acceptors (Lipinski definition) is 4. The van der Waals surface area contributed by atoms with E-state index in [0.717, 1.165) is 25.0 Å². The molecule has 0 bridgehead atoms. The topological polar surface area (TPSA) is 56.8 Å². The summed E-state index contributed by atoms with van der Waals surface area (Å²) in [5.41, 5.74) is 1.83. The zero-order valence-corrected chi connectivity index (χ0v) is 15.0. The van der Waals surface area contributed by atoms with Gasteiger partial charge in [-0.25, -0.2) is 0 Å². The molecule has 0 saturated carbocycles. The van der Waals surface area contributed by atoms with Gasteiger partial charge in [0.25, 0.3) is 5.91 Å². The van der Waals surface area contributed by atoms with Crippen LogP contribution in [0.3, 0.4) is 0 Å². The van der Waals surface area contributed by atoms with Crippen LogP contribution in [0.2, 0.25) is 0 Å². The molecule has 0 aliphatic heterocycles. The van der Waals surface area contributed by atoms with Crippen LogP contribution in [-0.4, -0.2) is 33.8 Å². The third-order valence-electron chi connectivity index (χ3n) is 3.98. The highest BCUT2D eigenvalue weighted by atomic mass is 16.5. The summed E-state index contributed by atoms with van der Waals surface area (Å²) >= 11 is 0. The van der Waals surface area contributed by atoms with Crippen LogP contribution >= 0.6 is 0 Å². The normalized spacial score (nSPS) is 10.2. The van der Waals surface area contributed by atoms with Gasteiger partial charge in [-0.3, -0.25) is 4.79 Å². The predicted octanol–water partition coefficient (Wildman–Crippen LogP) is 3.47. The average molecular weight is 343 g/mol. The van der Waals surface area contributed by atoms with Crippen LogP contribution < -0.4 is 19.5 Å². The molecular formula is C20H25NO4. The molecule has 5 heteroatoms. The molecule has 5 nitrogen and oxygen atoms in total. The molecule has 0 radical (unpaired) electrons. The highest BCUT2D eigenvalue weighted by molar-refractivity contribution is 5.94. The first-order valence-corrected chi connectivity index (χ1v) is 8.31. The van der Waals surface area contributed by atoms with Gasteiger partial charge in [-0.05, 0) is 55.2 Å². The minimum absolute atomic E-state index is 0.106. The second-order valence-electron chi connectivity index (χ2n) is 5.63. The van der Waals surface area contributed by atoms with Gasteiger partial charge in [0.05, 0.1) is 21.3 Å². The van der Waals surface area contributed by atoms with Crippen molar-refractivity contribution >= 4 is 5.91 Å². The molecule has 0 heterocycles. The molecule has 0 atom stereocenters. The first kappa shape index (κ1) is 18.6. The smallest absolute Gasteiger partial charge is 0.251 e. The standard InChI is InChI=1S/C20H25NO4/c1-23-17-10-7-15(8-11-17)6-4-5-13-21-20(22)16-9-12-18(24-2)19(14-16)25-3/h7-12,14H,4-6,13H2,1-3H3,(H,21,22). The molecule has 0 unspecified atom stereocenters. The van der Waals surface area contributed by atoms with Crippen molar-refractivity contribution in [1.29, 1.82) is 0 Å². The number of carbonyl (C=O) groups is 1. The Kier molecular flexibility index (Phi) is 7.14. The number of unbranched alkanes of at least 4 members (excludes halogenated alkanes) is 1. The van der Waals surface area contributed by atoms with Gasteiger partial charge in [-0.2, -0.15) is 0 Å². The summed E-state index contributed by atoms with van der Waals surface area (Å²) in [6.45, 7) is 0.642. The number of methoxy groups -OCH3 is 3. The molecule has 0 fully saturated rings. The molecule has 0 aromatic heterocycles. The number of rotatable bonds is 9. The van der Waals surface area contributed by atoms with Crippen molar-refractivity contribution in [2.45, 2.75) is 19.3 Å². The minimum atomic E-state index is -0.106. The van der Waals surface area contributed by atoms with Crippen molar-refractivity contribution in [1.82, 2.24) is 5.32 Å². The molecule has 25 heavy (non-hydrogen) atoms. The van der Waals surface area contributed by atoms with Crippen LogP contribution in [-0.2, 0) is 6.42 Å². The number of amides is 1. The van der Waals surface area contributed by atoms with E-state index < -0.39 is 0 Å². The van der Waals surface area contributed by atoms with Crippen LogP contribution in [0.25, 0.3) is 0 Å². The van der Waals surface area contributed by atoms with Crippen LogP contribution in [0.5, 0.6) is 17.2 Å². The van der Waals surface area contributed by atoms with Gasteiger partial charge >= 0.3 is 0 Å². The first-order chi connectivity index (χ1) is 12.2. The fourth-order valence-electron chi connectivity index (χ4n) is 2.53. The number of benzene rings is 2. The van der Waals surface area contributed by atoms with Crippen molar-refractivity contribution in [3.05, 3.63) is 53.6 Å². The Balaban J connectivity index is 1.74. The monoisotopic (exact) mass is 343 g/mol. The summed E-state index contributed by atoms with van der Waals surface area (Å²) in [5, 5.41) is 2.94. The maximum atomic E-state index is 12.2. The molecule has 134 valence electrons. The Morgan fingerprint density at radius 2 is 1.60 bits per heavy atom. The highest BCUT2D eigenvalue weighted by Gasteiger charge is 2.10. The maximum absolute atomic E-state index is 12.2. The first-order valence-electron chi connectivity index (χ1n) is 8.31. The fraction of sp³-hybridized carbons (Fsp3) is 0.350. The molecule has 0 aliphatic rings. The number of nitrogens with one attached hydrogen (secondary N) is 1. The average Bonchev–Trinajstić information content (AvgIpc) is 2.67. The van der Waals surface area contributed by atoms with Crippen LogP contribution in [0, 0.1) is 0 Å². The van der Waals surface area contributed by atoms with Crippen molar-refractivity contribution in [2.75, 3.05) is 27.9 Å². The maximum Gasteiger partial charge on any atom is 0.251 e. The van der Waals surface area contributed by atoms with Gasteiger partial charge in [0.1, 0.15) is 5.75 Å². The summed E-state index contributed by atoms with van der Waals surface area (Å²) in [4.78, 5) is 12.2. The number of carbonyl (C=O) groups excluding carboxylic acids is 1. The Morgan fingerprint density at radius 1 is 0.880 bits per heavy atom. The van der Waals surface area contributed by atoms with Gasteiger partial charge in [0.15, 0.2) is 11.5 Å². The lowest BCUT2D eigenvalue weighted by atomic mass is 10.1. The van der Waals surface area contributed by atoms with E-state index in [9.17, 15) is 4.79 Å². The Labute approximate surface area is 148 Å². The lowest BCUT2D eigenvalue weighted by molar-refractivity contribution is 0.0952. The highest BCUT2D eigenvalue weighted by Crippen LogP contribution is 2.27. The molecule has 2 aromatic carbocycles. The number of aryl methyl sites for hydroxylation is 1. The van der Waals surface area contributed by atoms with Gasteiger partial charge in [0.2, 0.25) is 0 Å². The van der Waals surface area contributed by atoms with Crippen LogP contribution in [0.4, 0.5) is 0 Å². The van der Waals surface area contributed by atoms with E-state index in [-0.39, 0.29) is 5.91 Å². The molecule has 0 aliphatic carbocycles. The summed E-state index contributed by atoms with van der Waals surface area (Å²) < 4.78 is 15.5. The largest absolute Gasteiger partial charge is 0.497 e. The fourth-order valence-corrected chi connectivity index (χ4v) is 2.53. The molecule has 0 saturated heterocycles. The Morgan fingerprint density at radius 3 is 2.24 bits per heavy atom. The van der Waals surface area contributed by atoms with Gasteiger partial charge in [-0.1, -0.05) is 12.1 Å². The number of hydrogen-bond donors (Lipinski definition) is 1. The van der Waals surface area contributed by atoms with E-state index in [1.54, 1.807) is 39.5 Å². The predicted molar refractivity (Wildman–Crippen MR) is 97.8 cm³/mol. The van der Waals surface area contributed by atoms with E-state index in [2.05, 4.69) is 17.4 Å². The summed E-state index contributed by atoms with van der Waals surface area (Å²) in [7, 11) is 4.79. The molecule has 2 aromatic rings. The quantitative estimate of drug-likeness (QED) is 0.709. The summed E-state index contributed by atoms with van der Waals surface area (Å²) in [6, 6.07) is 13.2. The van der Waals surface area contributed by atoms with Gasteiger partial charge < -0.3 is 19.5 Å². The summed E-state index contributed by atoms with van der Waals surface area (Å²) in [6.07, 6.45) is 2.92. The Bertz CT molecular complexity index is 683. The lowest BCUT2D eigenvalue weighted by Crippen LogP contribution is -2.24. The van der Waals surface area contributed by atoms with E-state index in [0.29, 0.717) is 23.6 Å². The van der Waals surface area contributed by atoms with Crippen LogP contribution in [0.15, 0.2) is 42.5 Å². The van der Waals surface area contributed by atoms with E-state index >= 15 is 0 Å². The van der Waals surface area contributed by atoms with Crippen molar-refractivity contribution in [3.63, 3.8) is 0 Å². The molecule has 1 N–H and O–H groups in total. The molecule has 2 rings (SSSR count). The second kappa shape index (κ2) is 9.57. The van der Waals surface area contributed by atoms with Crippen molar-refractivity contribution in [2.24, 2.45) is 0 Å². The zero-order chi connectivity index (χ0) is 18.1. The third kappa shape index (κ3) is 5.41. The van der Waals surface area contributed by atoms with Crippen molar-refractivity contribution in [3.8, 4) is 17.2 Å². The van der Waals surface area contributed by atoms with Gasteiger partial charge in [0, 0.05) is 12.1 Å². The SMILES string of the molecule is COc1ccc(CCCCNC(=O)c2ccc(OC)c(OC)c2)cc1.